The number of amides is 1. The Morgan fingerprint density at radius 1 is 1.55 bits per heavy atom. The largest absolute Gasteiger partial charge is 0.391 e. The molecule has 1 saturated carbocycles. The van der Waals surface area contributed by atoms with E-state index in [1.165, 1.54) is 12.8 Å². The Kier molecular flexibility index (Phi) is 3.76. The summed E-state index contributed by atoms with van der Waals surface area (Å²) in [5, 5.41) is 20.4. The average molecular weight is 278 g/mol. The normalized spacial score (nSPS) is 26.2. The molecule has 110 valence electrons. The lowest BCUT2D eigenvalue weighted by atomic mass is 10.0. The number of aromatic nitrogens is 2. The molecule has 1 aromatic rings. The van der Waals surface area contributed by atoms with Gasteiger partial charge in [0.15, 0.2) is 0 Å². The van der Waals surface area contributed by atoms with E-state index >= 15 is 0 Å². The van der Waals surface area contributed by atoms with Gasteiger partial charge in [0.1, 0.15) is 0 Å². The van der Waals surface area contributed by atoms with Crippen molar-refractivity contribution < 1.29 is 9.90 Å². The summed E-state index contributed by atoms with van der Waals surface area (Å²) in [5.74, 6) is 0.180. The van der Waals surface area contributed by atoms with Gasteiger partial charge in [-0.3, -0.25) is 9.89 Å². The number of aliphatic hydroxyl groups excluding tert-OH is 1. The SMILES string of the molecule is Cc1cc(C[C@@H]2CN(C(=O)CNC3CC3)C[C@H]2O)n[nH]1. The first-order valence-electron chi connectivity index (χ1n) is 7.32. The second-order valence-corrected chi connectivity index (χ2v) is 6.03. The molecule has 1 aliphatic carbocycles. The number of aliphatic hydroxyl groups is 1. The molecule has 3 N–H and O–H groups in total. The van der Waals surface area contributed by atoms with E-state index in [1.807, 2.05) is 13.0 Å². The number of rotatable bonds is 5. The third-order valence-electron chi connectivity index (χ3n) is 4.11. The first-order chi connectivity index (χ1) is 9.61. The van der Waals surface area contributed by atoms with Crippen molar-refractivity contribution in [2.45, 2.75) is 38.3 Å². The van der Waals surface area contributed by atoms with Gasteiger partial charge in [-0.25, -0.2) is 0 Å². The molecule has 0 bridgehead atoms. The van der Waals surface area contributed by atoms with Crippen LogP contribution < -0.4 is 5.32 Å². The standard InChI is InChI=1S/C14H22N4O2/c1-9-4-12(17-16-9)5-10-7-18(8-13(10)19)14(20)6-15-11-2-3-11/h4,10-11,13,15,19H,2-3,5-8H2,1H3,(H,16,17)/t10-,13-/m1/s1. The highest BCUT2D eigenvalue weighted by Gasteiger charge is 2.34. The maximum absolute atomic E-state index is 12.1. The highest BCUT2D eigenvalue weighted by atomic mass is 16.3. The highest BCUT2D eigenvalue weighted by Crippen LogP contribution is 2.22. The summed E-state index contributed by atoms with van der Waals surface area (Å²) in [6.45, 7) is 3.42. The lowest BCUT2D eigenvalue weighted by Crippen LogP contribution is -2.38. The maximum atomic E-state index is 12.1. The number of β-amino-alcohol motifs (C(OH)–C–C–N with tert-alkyl or cyclic N) is 1. The molecule has 1 saturated heterocycles. The molecule has 6 nitrogen and oxygen atoms in total. The quantitative estimate of drug-likeness (QED) is 0.698. The third-order valence-corrected chi connectivity index (χ3v) is 4.11. The van der Waals surface area contributed by atoms with Crippen molar-refractivity contribution in [1.82, 2.24) is 20.4 Å². The molecule has 2 atom stereocenters. The Labute approximate surface area is 118 Å². The van der Waals surface area contributed by atoms with E-state index < -0.39 is 6.10 Å². The van der Waals surface area contributed by atoms with Gasteiger partial charge < -0.3 is 15.3 Å². The van der Waals surface area contributed by atoms with Gasteiger partial charge in [-0.15, -0.1) is 0 Å². The van der Waals surface area contributed by atoms with Gasteiger partial charge in [-0.2, -0.15) is 5.10 Å². The van der Waals surface area contributed by atoms with Gasteiger partial charge in [0.25, 0.3) is 0 Å². The van der Waals surface area contributed by atoms with Gasteiger partial charge in [0, 0.05) is 30.7 Å². The van der Waals surface area contributed by atoms with Gasteiger partial charge in [0.2, 0.25) is 5.91 Å². The van der Waals surface area contributed by atoms with Crippen LogP contribution in [0.4, 0.5) is 0 Å². The topological polar surface area (TPSA) is 81.2 Å². The molecule has 0 radical (unpaired) electrons. The number of aryl methyl sites for hydroxylation is 1. The molecular weight excluding hydrogens is 256 g/mol. The number of hydrogen-bond donors (Lipinski definition) is 3. The number of carbonyl (C=O) groups is 1. The van der Waals surface area contributed by atoms with Crippen molar-refractivity contribution in [2.75, 3.05) is 19.6 Å². The highest BCUT2D eigenvalue weighted by molar-refractivity contribution is 5.78. The molecule has 0 spiro atoms. The Balaban J connectivity index is 1.51. The molecule has 0 unspecified atom stereocenters. The first kappa shape index (κ1) is 13.6. The molecule has 0 aromatic carbocycles. The Hall–Kier alpha value is -1.40. The molecule has 1 aromatic heterocycles. The summed E-state index contributed by atoms with van der Waals surface area (Å²) in [4.78, 5) is 13.8. The van der Waals surface area contributed by atoms with Gasteiger partial charge in [0.05, 0.1) is 18.3 Å². The number of H-pyrrole nitrogens is 1. The van der Waals surface area contributed by atoms with E-state index in [-0.39, 0.29) is 11.8 Å². The molecule has 1 aliphatic heterocycles. The summed E-state index contributed by atoms with van der Waals surface area (Å²) in [6.07, 6.45) is 2.62. The van der Waals surface area contributed by atoms with E-state index in [0.717, 1.165) is 11.4 Å². The number of likely N-dealkylation sites (tertiary alicyclic amines) is 1. The van der Waals surface area contributed by atoms with Crippen LogP contribution in [-0.4, -0.2) is 57.9 Å². The smallest absolute Gasteiger partial charge is 0.236 e. The van der Waals surface area contributed by atoms with Crippen molar-refractivity contribution >= 4 is 5.91 Å². The minimum Gasteiger partial charge on any atom is -0.391 e. The van der Waals surface area contributed by atoms with Crippen LogP contribution in [0.3, 0.4) is 0 Å². The molecule has 1 amide bonds. The molecule has 2 aliphatic rings. The van der Waals surface area contributed by atoms with Crippen molar-refractivity contribution in [1.29, 1.82) is 0 Å². The Morgan fingerprint density at radius 2 is 2.35 bits per heavy atom. The molecule has 3 rings (SSSR count). The molecule has 6 heteroatoms. The molecule has 2 fully saturated rings. The predicted octanol–water partition coefficient (Wildman–Crippen LogP) is -0.168. The summed E-state index contributed by atoms with van der Waals surface area (Å²) in [6, 6.07) is 2.53. The van der Waals surface area contributed by atoms with Crippen LogP contribution in [0.25, 0.3) is 0 Å². The lowest BCUT2D eigenvalue weighted by molar-refractivity contribution is -0.129. The fourth-order valence-electron chi connectivity index (χ4n) is 2.74. The van der Waals surface area contributed by atoms with Gasteiger partial charge in [-0.05, 0) is 32.3 Å². The summed E-state index contributed by atoms with van der Waals surface area (Å²) in [7, 11) is 0. The first-order valence-corrected chi connectivity index (χ1v) is 7.32. The van der Waals surface area contributed by atoms with Crippen molar-refractivity contribution in [2.24, 2.45) is 5.92 Å². The average Bonchev–Trinajstić information content (AvgIpc) is 3.06. The van der Waals surface area contributed by atoms with Crippen LogP contribution in [0.2, 0.25) is 0 Å². The fourth-order valence-corrected chi connectivity index (χ4v) is 2.74. The molecular formula is C14H22N4O2. The van der Waals surface area contributed by atoms with Crippen molar-refractivity contribution in [3.63, 3.8) is 0 Å². The predicted molar refractivity (Wildman–Crippen MR) is 74.1 cm³/mol. The van der Waals surface area contributed by atoms with Crippen LogP contribution in [-0.2, 0) is 11.2 Å². The zero-order valence-corrected chi connectivity index (χ0v) is 11.8. The number of carbonyl (C=O) groups excluding carboxylic acids is 1. The van der Waals surface area contributed by atoms with E-state index in [1.54, 1.807) is 4.90 Å². The number of hydrogen-bond acceptors (Lipinski definition) is 4. The zero-order valence-electron chi connectivity index (χ0n) is 11.8. The van der Waals surface area contributed by atoms with Gasteiger partial charge in [-0.1, -0.05) is 0 Å². The zero-order chi connectivity index (χ0) is 14.1. The van der Waals surface area contributed by atoms with Crippen LogP contribution in [0.5, 0.6) is 0 Å². The molecule has 20 heavy (non-hydrogen) atoms. The van der Waals surface area contributed by atoms with Crippen LogP contribution in [0.15, 0.2) is 6.07 Å². The fraction of sp³-hybridized carbons (Fsp3) is 0.714. The van der Waals surface area contributed by atoms with E-state index in [2.05, 4.69) is 15.5 Å². The monoisotopic (exact) mass is 278 g/mol. The van der Waals surface area contributed by atoms with E-state index in [0.29, 0.717) is 32.1 Å². The van der Waals surface area contributed by atoms with E-state index in [4.69, 9.17) is 0 Å². The second kappa shape index (κ2) is 5.54. The minimum absolute atomic E-state index is 0.0857. The van der Waals surface area contributed by atoms with Crippen LogP contribution in [0.1, 0.15) is 24.2 Å². The maximum Gasteiger partial charge on any atom is 0.236 e. The summed E-state index contributed by atoms with van der Waals surface area (Å²) < 4.78 is 0. The van der Waals surface area contributed by atoms with Crippen LogP contribution >= 0.6 is 0 Å². The third kappa shape index (κ3) is 3.19. The Morgan fingerprint density at radius 3 is 3.00 bits per heavy atom. The molecule has 2 heterocycles. The van der Waals surface area contributed by atoms with E-state index in [9.17, 15) is 9.90 Å². The van der Waals surface area contributed by atoms with Crippen molar-refractivity contribution in [3.8, 4) is 0 Å². The van der Waals surface area contributed by atoms with Crippen LogP contribution in [0, 0.1) is 12.8 Å². The second-order valence-electron chi connectivity index (χ2n) is 6.03. The Bertz CT molecular complexity index is 483. The summed E-state index contributed by atoms with van der Waals surface area (Å²) in [5.41, 5.74) is 1.98. The van der Waals surface area contributed by atoms with Gasteiger partial charge >= 0.3 is 0 Å². The minimum atomic E-state index is -0.447. The number of nitrogens with one attached hydrogen (secondary N) is 2. The lowest BCUT2D eigenvalue weighted by Gasteiger charge is -2.16. The van der Waals surface area contributed by atoms with Crippen molar-refractivity contribution in [3.05, 3.63) is 17.5 Å². The number of nitrogens with zero attached hydrogens (tertiary/aromatic N) is 2. The summed E-state index contributed by atoms with van der Waals surface area (Å²) >= 11 is 0. The number of aromatic amines is 1.